The van der Waals surface area contributed by atoms with Crippen LogP contribution >= 0.6 is 0 Å². The number of rotatable bonds is 11. The van der Waals surface area contributed by atoms with Crippen LogP contribution in [0.15, 0.2) is 30.3 Å². The van der Waals surface area contributed by atoms with E-state index in [4.69, 9.17) is 9.84 Å². The van der Waals surface area contributed by atoms with Crippen LogP contribution in [0.3, 0.4) is 0 Å². The average Bonchev–Trinajstić information content (AvgIpc) is 2.71. The van der Waals surface area contributed by atoms with Crippen molar-refractivity contribution in [3.63, 3.8) is 0 Å². The predicted molar refractivity (Wildman–Crippen MR) is 103 cm³/mol. The fourth-order valence-corrected chi connectivity index (χ4v) is 1.89. The van der Waals surface area contributed by atoms with Crippen LogP contribution < -0.4 is 16.0 Å². The van der Waals surface area contributed by atoms with E-state index in [0.29, 0.717) is 0 Å². The van der Waals surface area contributed by atoms with Crippen LogP contribution in [0.2, 0.25) is 0 Å². The first kappa shape index (κ1) is 25.1. The Balaban J connectivity index is 0.00000352. The van der Waals surface area contributed by atoms with Crippen LogP contribution in [0.25, 0.3) is 0 Å². The SMILES string of the molecule is CC.CCC(=O)NCC(=O)NC(COCc1ccccc1)C(=O)NCC(=O)O. The van der Waals surface area contributed by atoms with Crippen molar-refractivity contribution in [2.75, 3.05) is 19.7 Å². The van der Waals surface area contributed by atoms with Crippen molar-refractivity contribution < 1.29 is 29.0 Å². The van der Waals surface area contributed by atoms with Crippen molar-refractivity contribution in [3.05, 3.63) is 35.9 Å². The molecule has 9 heteroatoms. The topological polar surface area (TPSA) is 134 Å². The molecule has 0 fully saturated rings. The van der Waals surface area contributed by atoms with Gasteiger partial charge in [0.1, 0.15) is 12.6 Å². The Morgan fingerprint density at radius 3 is 2.21 bits per heavy atom. The van der Waals surface area contributed by atoms with Crippen molar-refractivity contribution >= 4 is 23.7 Å². The lowest BCUT2D eigenvalue weighted by Gasteiger charge is -2.18. The lowest BCUT2D eigenvalue weighted by molar-refractivity contribution is -0.138. The van der Waals surface area contributed by atoms with Gasteiger partial charge in [0.2, 0.25) is 17.7 Å². The van der Waals surface area contributed by atoms with Crippen LogP contribution in [0.5, 0.6) is 0 Å². The van der Waals surface area contributed by atoms with Gasteiger partial charge in [-0.05, 0) is 5.56 Å². The number of carbonyl (C=O) groups excluding carboxylic acids is 3. The summed E-state index contributed by atoms with van der Waals surface area (Å²) in [5, 5.41) is 15.6. The summed E-state index contributed by atoms with van der Waals surface area (Å²) in [5.41, 5.74) is 0.888. The fraction of sp³-hybridized carbons (Fsp3) is 0.474. The minimum atomic E-state index is -1.20. The Kier molecular flexibility index (Phi) is 13.6. The third-order valence-corrected chi connectivity index (χ3v) is 3.23. The third kappa shape index (κ3) is 11.6. The van der Waals surface area contributed by atoms with Gasteiger partial charge in [-0.25, -0.2) is 0 Å². The van der Waals surface area contributed by atoms with E-state index >= 15 is 0 Å². The maximum Gasteiger partial charge on any atom is 0.322 e. The molecule has 0 aromatic heterocycles. The number of carboxylic acids is 1. The van der Waals surface area contributed by atoms with Gasteiger partial charge in [-0.3, -0.25) is 19.2 Å². The molecule has 0 saturated carbocycles. The molecule has 1 unspecified atom stereocenters. The largest absolute Gasteiger partial charge is 0.480 e. The van der Waals surface area contributed by atoms with Crippen molar-refractivity contribution in [3.8, 4) is 0 Å². The number of hydrogen-bond acceptors (Lipinski definition) is 5. The number of hydrogen-bond donors (Lipinski definition) is 4. The number of aliphatic carboxylic acids is 1. The summed E-state index contributed by atoms with van der Waals surface area (Å²) in [6, 6.07) is 8.15. The van der Waals surface area contributed by atoms with Gasteiger partial charge in [-0.15, -0.1) is 0 Å². The van der Waals surface area contributed by atoms with Crippen molar-refractivity contribution in [2.45, 2.75) is 39.8 Å². The molecular formula is C19H29N3O6. The zero-order valence-electron chi connectivity index (χ0n) is 16.5. The van der Waals surface area contributed by atoms with Crippen LogP contribution in [0, 0.1) is 0 Å². The zero-order chi connectivity index (χ0) is 21.4. The number of benzene rings is 1. The van der Waals surface area contributed by atoms with E-state index < -0.39 is 30.4 Å². The highest BCUT2D eigenvalue weighted by Gasteiger charge is 2.21. The number of carbonyl (C=O) groups is 4. The van der Waals surface area contributed by atoms with Crippen LogP contribution in [0.1, 0.15) is 32.8 Å². The second-order valence-electron chi connectivity index (χ2n) is 5.36. The molecule has 28 heavy (non-hydrogen) atoms. The second kappa shape index (κ2) is 15.2. The molecule has 9 nitrogen and oxygen atoms in total. The minimum Gasteiger partial charge on any atom is -0.480 e. The average molecular weight is 395 g/mol. The maximum absolute atomic E-state index is 12.1. The summed E-state index contributed by atoms with van der Waals surface area (Å²) in [7, 11) is 0. The molecule has 0 aliphatic heterocycles. The Morgan fingerprint density at radius 1 is 1.00 bits per heavy atom. The lowest BCUT2D eigenvalue weighted by Crippen LogP contribution is -2.52. The highest BCUT2D eigenvalue weighted by molar-refractivity contribution is 5.91. The minimum absolute atomic E-state index is 0.145. The van der Waals surface area contributed by atoms with Gasteiger partial charge in [-0.2, -0.15) is 0 Å². The number of amides is 3. The van der Waals surface area contributed by atoms with E-state index in [9.17, 15) is 19.2 Å². The molecule has 0 spiro atoms. The summed E-state index contributed by atoms with van der Waals surface area (Å²) in [4.78, 5) is 45.7. The van der Waals surface area contributed by atoms with Gasteiger partial charge < -0.3 is 25.8 Å². The van der Waals surface area contributed by atoms with Crippen molar-refractivity contribution in [1.82, 2.24) is 16.0 Å². The van der Waals surface area contributed by atoms with Gasteiger partial charge >= 0.3 is 5.97 Å². The zero-order valence-corrected chi connectivity index (χ0v) is 16.5. The van der Waals surface area contributed by atoms with Crippen molar-refractivity contribution in [1.29, 1.82) is 0 Å². The monoisotopic (exact) mass is 395 g/mol. The fourth-order valence-electron chi connectivity index (χ4n) is 1.89. The smallest absolute Gasteiger partial charge is 0.322 e. The van der Waals surface area contributed by atoms with Crippen LogP contribution in [0.4, 0.5) is 0 Å². The maximum atomic E-state index is 12.1. The Labute approximate surface area is 164 Å². The predicted octanol–water partition coefficient (Wildman–Crippen LogP) is 0.441. The van der Waals surface area contributed by atoms with Crippen LogP contribution in [-0.2, 0) is 30.5 Å². The highest BCUT2D eigenvalue weighted by Crippen LogP contribution is 2.01. The first-order chi connectivity index (χ1) is 13.4. The van der Waals surface area contributed by atoms with Crippen molar-refractivity contribution in [2.24, 2.45) is 0 Å². The number of ether oxygens (including phenoxy) is 1. The molecule has 156 valence electrons. The normalized spacial score (nSPS) is 10.7. The molecular weight excluding hydrogens is 366 g/mol. The Morgan fingerprint density at radius 2 is 1.64 bits per heavy atom. The quantitative estimate of drug-likeness (QED) is 0.430. The standard InChI is InChI=1S/C17H23N3O6.C2H6/c1-2-14(21)18-8-15(22)20-13(17(25)19-9-16(23)24)11-26-10-12-6-4-3-5-7-12;1-2/h3-7,13H,2,8-11H2,1H3,(H,18,21)(H,19,25)(H,20,22)(H,23,24);1-2H3. The molecule has 0 heterocycles. The van der Waals surface area contributed by atoms with Gasteiger partial charge in [0, 0.05) is 6.42 Å². The third-order valence-electron chi connectivity index (χ3n) is 3.23. The molecule has 1 aromatic rings. The summed E-state index contributed by atoms with van der Waals surface area (Å²) < 4.78 is 5.45. The van der Waals surface area contributed by atoms with E-state index in [1.165, 1.54) is 0 Å². The molecule has 0 aliphatic carbocycles. The summed E-state index contributed by atoms with van der Waals surface area (Å²) in [6.45, 7) is 4.87. The molecule has 0 bridgehead atoms. The van der Waals surface area contributed by atoms with E-state index in [1.54, 1.807) is 6.92 Å². The highest BCUT2D eigenvalue weighted by atomic mass is 16.5. The Bertz CT molecular complexity index is 621. The van der Waals surface area contributed by atoms with Gasteiger partial charge in [0.25, 0.3) is 0 Å². The number of nitrogens with one attached hydrogen (secondary N) is 3. The van der Waals surface area contributed by atoms with E-state index in [1.807, 2.05) is 44.2 Å². The summed E-state index contributed by atoms with van der Waals surface area (Å²) >= 11 is 0. The summed E-state index contributed by atoms with van der Waals surface area (Å²) in [5.74, 6) is -2.77. The molecule has 1 atom stereocenters. The molecule has 0 aliphatic rings. The second-order valence-corrected chi connectivity index (χ2v) is 5.36. The van der Waals surface area contributed by atoms with E-state index in [-0.39, 0.29) is 32.1 Å². The first-order valence-electron chi connectivity index (χ1n) is 9.09. The Hall–Kier alpha value is -2.94. The summed E-state index contributed by atoms with van der Waals surface area (Å²) in [6.07, 6.45) is 0.232. The molecule has 3 amide bonds. The molecule has 0 saturated heterocycles. The molecule has 4 N–H and O–H groups in total. The van der Waals surface area contributed by atoms with Gasteiger partial charge in [-0.1, -0.05) is 51.1 Å². The molecule has 1 aromatic carbocycles. The van der Waals surface area contributed by atoms with Crippen LogP contribution in [-0.4, -0.2) is 54.5 Å². The van der Waals surface area contributed by atoms with Gasteiger partial charge in [0.15, 0.2) is 0 Å². The lowest BCUT2D eigenvalue weighted by atomic mass is 10.2. The first-order valence-corrected chi connectivity index (χ1v) is 9.09. The number of carboxylic acid groups (broad SMARTS) is 1. The van der Waals surface area contributed by atoms with Gasteiger partial charge in [0.05, 0.1) is 19.8 Å². The van der Waals surface area contributed by atoms with E-state index in [0.717, 1.165) is 5.56 Å². The molecule has 1 rings (SSSR count). The van der Waals surface area contributed by atoms with E-state index in [2.05, 4.69) is 16.0 Å². The molecule has 0 radical (unpaired) electrons.